The number of carboxylic acid groups (broad SMARTS) is 1. The summed E-state index contributed by atoms with van der Waals surface area (Å²) in [6.45, 7) is 0. The van der Waals surface area contributed by atoms with Crippen LogP contribution in [0.3, 0.4) is 0 Å². The molecule has 3 rings (SSSR count). The first-order valence-corrected chi connectivity index (χ1v) is 7.22. The number of carboxylic acids is 1. The van der Waals surface area contributed by atoms with Crippen LogP contribution >= 0.6 is 0 Å². The highest BCUT2D eigenvalue weighted by Gasteiger charge is 2.42. The van der Waals surface area contributed by atoms with E-state index in [9.17, 15) is 19.1 Å². The molecular weight excluding hydrogens is 303 g/mol. The number of amides is 1. The van der Waals surface area contributed by atoms with E-state index in [2.05, 4.69) is 15.4 Å². The van der Waals surface area contributed by atoms with Crippen LogP contribution in [0.2, 0.25) is 0 Å². The molecule has 120 valence electrons. The fourth-order valence-electron chi connectivity index (χ4n) is 2.83. The number of hydrogen-bond acceptors (Lipinski definition) is 4. The third-order valence-electron chi connectivity index (χ3n) is 4.09. The molecule has 2 N–H and O–H groups in total. The van der Waals surface area contributed by atoms with Gasteiger partial charge in [0.15, 0.2) is 0 Å². The summed E-state index contributed by atoms with van der Waals surface area (Å²) in [6.07, 6.45) is 4.87. The third-order valence-corrected chi connectivity index (χ3v) is 4.09. The summed E-state index contributed by atoms with van der Waals surface area (Å²) in [5, 5.41) is 15.8. The molecule has 1 amide bonds. The van der Waals surface area contributed by atoms with Crippen LogP contribution in [-0.2, 0) is 4.79 Å². The monoisotopic (exact) mass is 318 g/mol. The summed E-state index contributed by atoms with van der Waals surface area (Å²) in [6, 6.07) is 3.90. The molecule has 0 atom stereocenters. The summed E-state index contributed by atoms with van der Waals surface area (Å²) in [4.78, 5) is 27.5. The molecule has 1 fully saturated rings. The Hall–Kier alpha value is -2.77. The Morgan fingerprint density at radius 3 is 2.61 bits per heavy atom. The van der Waals surface area contributed by atoms with Gasteiger partial charge in [-0.2, -0.15) is 5.10 Å². The predicted octanol–water partition coefficient (Wildman–Crippen LogP) is 1.53. The van der Waals surface area contributed by atoms with Crippen LogP contribution in [0.1, 0.15) is 36.0 Å². The minimum Gasteiger partial charge on any atom is -0.480 e. The normalized spacial score (nSPS) is 16.2. The van der Waals surface area contributed by atoms with Gasteiger partial charge in [0.1, 0.15) is 29.7 Å². The second-order valence-corrected chi connectivity index (χ2v) is 5.55. The molecule has 1 saturated carbocycles. The molecule has 0 aliphatic heterocycles. The molecule has 1 heterocycles. The van der Waals surface area contributed by atoms with Crippen LogP contribution in [-0.4, -0.2) is 37.3 Å². The molecule has 0 unspecified atom stereocenters. The van der Waals surface area contributed by atoms with Crippen molar-refractivity contribution in [2.24, 2.45) is 0 Å². The van der Waals surface area contributed by atoms with Gasteiger partial charge in [-0.05, 0) is 31.0 Å². The number of carbonyl (C=O) groups is 2. The maximum Gasteiger partial charge on any atom is 0.329 e. The van der Waals surface area contributed by atoms with Gasteiger partial charge in [-0.3, -0.25) is 4.79 Å². The van der Waals surface area contributed by atoms with Crippen molar-refractivity contribution in [1.29, 1.82) is 0 Å². The van der Waals surface area contributed by atoms with Gasteiger partial charge in [0.2, 0.25) is 0 Å². The quantitative estimate of drug-likeness (QED) is 0.891. The SMILES string of the molecule is O=C(NC1(C(=O)O)CCCC1)c1ccc(-n2cncn2)c(F)c1. The van der Waals surface area contributed by atoms with Crippen LogP contribution in [0.15, 0.2) is 30.9 Å². The maximum atomic E-state index is 14.2. The predicted molar refractivity (Wildman–Crippen MR) is 77.6 cm³/mol. The summed E-state index contributed by atoms with van der Waals surface area (Å²) >= 11 is 0. The Bertz CT molecular complexity index is 739. The van der Waals surface area contributed by atoms with Crippen molar-refractivity contribution in [2.45, 2.75) is 31.2 Å². The number of nitrogens with zero attached hydrogens (tertiary/aromatic N) is 3. The second kappa shape index (κ2) is 5.79. The van der Waals surface area contributed by atoms with E-state index >= 15 is 0 Å². The molecule has 1 aromatic heterocycles. The van der Waals surface area contributed by atoms with Gasteiger partial charge in [-0.15, -0.1) is 0 Å². The fraction of sp³-hybridized carbons (Fsp3) is 0.333. The largest absolute Gasteiger partial charge is 0.480 e. The number of carbonyl (C=O) groups excluding carboxylic acids is 1. The zero-order valence-corrected chi connectivity index (χ0v) is 12.2. The van der Waals surface area contributed by atoms with Crippen molar-refractivity contribution in [3.8, 4) is 5.69 Å². The van der Waals surface area contributed by atoms with E-state index in [1.807, 2.05) is 0 Å². The zero-order chi connectivity index (χ0) is 16.4. The minimum absolute atomic E-state index is 0.0684. The lowest BCUT2D eigenvalue weighted by molar-refractivity contribution is -0.144. The zero-order valence-electron chi connectivity index (χ0n) is 12.2. The van der Waals surface area contributed by atoms with Crippen molar-refractivity contribution in [2.75, 3.05) is 0 Å². The van der Waals surface area contributed by atoms with E-state index in [4.69, 9.17) is 0 Å². The van der Waals surface area contributed by atoms with Crippen LogP contribution in [0, 0.1) is 5.82 Å². The summed E-state index contributed by atoms with van der Waals surface area (Å²) in [5.41, 5.74) is -1.02. The van der Waals surface area contributed by atoms with E-state index in [0.717, 1.165) is 18.9 Å². The standard InChI is InChI=1S/C15H15FN4O3/c16-11-7-10(3-4-12(11)20-9-17-8-18-20)13(21)19-15(14(22)23)5-1-2-6-15/h3-4,7-9H,1-2,5-6H2,(H,19,21)(H,22,23). The highest BCUT2D eigenvalue weighted by atomic mass is 19.1. The van der Waals surface area contributed by atoms with Gasteiger partial charge < -0.3 is 10.4 Å². The second-order valence-electron chi connectivity index (χ2n) is 5.55. The van der Waals surface area contributed by atoms with Crippen molar-refractivity contribution in [1.82, 2.24) is 20.1 Å². The Morgan fingerprint density at radius 1 is 1.30 bits per heavy atom. The highest BCUT2D eigenvalue weighted by molar-refractivity contribution is 5.98. The smallest absolute Gasteiger partial charge is 0.329 e. The summed E-state index contributed by atoms with van der Waals surface area (Å²) in [7, 11) is 0. The molecule has 8 heteroatoms. The number of halogens is 1. The molecule has 7 nitrogen and oxygen atoms in total. The molecule has 2 aromatic rings. The van der Waals surface area contributed by atoms with E-state index in [-0.39, 0.29) is 11.3 Å². The lowest BCUT2D eigenvalue weighted by Crippen LogP contribution is -2.52. The molecule has 0 bridgehead atoms. The van der Waals surface area contributed by atoms with Gasteiger partial charge in [0.05, 0.1) is 0 Å². The fourth-order valence-corrected chi connectivity index (χ4v) is 2.83. The number of hydrogen-bond donors (Lipinski definition) is 2. The van der Waals surface area contributed by atoms with Gasteiger partial charge >= 0.3 is 5.97 Å². The summed E-state index contributed by atoms with van der Waals surface area (Å²) in [5.74, 6) is -2.29. The van der Waals surface area contributed by atoms with Crippen molar-refractivity contribution in [3.05, 3.63) is 42.2 Å². The molecule has 0 radical (unpaired) electrons. The van der Waals surface area contributed by atoms with Gasteiger partial charge in [-0.25, -0.2) is 18.9 Å². The molecule has 1 aliphatic rings. The first-order valence-electron chi connectivity index (χ1n) is 7.22. The summed E-state index contributed by atoms with van der Waals surface area (Å²) < 4.78 is 15.4. The first-order chi connectivity index (χ1) is 11.0. The molecule has 23 heavy (non-hydrogen) atoms. The van der Waals surface area contributed by atoms with Crippen molar-refractivity contribution >= 4 is 11.9 Å². The van der Waals surface area contributed by atoms with Gasteiger partial charge in [-0.1, -0.05) is 12.8 Å². The number of aromatic nitrogens is 3. The third kappa shape index (κ3) is 2.79. The number of nitrogens with one attached hydrogen (secondary N) is 1. The van der Waals surface area contributed by atoms with E-state index in [0.29, 0.717) is 12.8 Å². The number of aliphatic carboxylic acids is 1. The van der Waals surface area contributed by atoms with Gasteiger partial charge in [0.25, 0.3) is 5.91 Å². The Balaban J connectivity index is 1.83. The lowest BCUT2D eigenvalue weighted by Gasteiger charge is -2.25. The molecule has 0 saturated heterocycles. The Kier molecular flexibility index (Phi) is 3.81. The van der Waals surface area contributed by atoms with Gasteiger partial charge in [0, 0.05) is 5.56 Å². The molecule has 0 spiro atoms. The highest BCUT2D eigenvalue weighted by Crippen LogP contribution is 2.30. The van der Waals surface area contributed by atoms with E-state index in [1.165, 1.54) is 29.5 Å². The average Bonchev–Trinajstić information content (AvgIpc) is 3.19. The first kappa shape index (κ1) is 15.1. The number of rotatable bonds is 4. The van der Waals surface area contributed by atoms with Crippen LogP contribution < -0.4 is 5.32 Å². The number of benzene rings is 1. The average molecular weight is 318 g/mol. The van der Waals surface area contributed by atoms with Crippen LogP contribution in [0.25, 0.3) is 5.69 Å². The Morgan fingerprint density at radius 2 is 2.04 bits per heavy atom. The van der Waals surface area contributed by atoms with Crippen LogP contribution in [0.4, 0.5) is 4.39 Å². The van der Waals surface area contributed by atoms with E-state index < -0.39 is 23.2 Å². The minimum atomic E-state index is -1.25. The van der Waals surface area contributed by atoms with Crippen molar-refractivity contribution < 1.29 is 19.1 Å². The Labute approximate surface area is 131 Å². The van der Waals surface area contributed by atoms with Crippen LogP contribution in [0.5, 0.6) is 0 Å². The lowest BCUT2D eigenvalue weighted by atomic mass is 9.97. The topological polar surface area (TPSA) is 97.1 Å². The van der Waals surface area contributed by atoms with Crippen molar-refractivity contribution in [3.63, 3.8) is 0 Å². The molecule has 1 aliphatic carbocycles. The maximum absolute atomic E-state index is 14.2. The molecular formula is C15H15FN4O3. The van der Waals surface area contributed by atoms with E-state index in [1.54, 1.807) is 0 Å². The molecule has 1 aromatic carbocycles.